The van der Waals surface area contributed by atoms with E-state index in [0.717, 1.165) is 5.92 Å². The van der Waals surface area contributed by atoms with E-state index in [9.17, 15) is 0 Å². The fourth-order valence-corrected chi connectivity index (χ4v) is 2.13. The number of hydrogen-bond donors (Lipinski definition) is 0. The fraction of sp³-hybridized carbons (Fsp3) is 0.833. The van der Waals surface area contributed by atoms with Gasteiger partial charge in [-0.05, 0) is 30.6 Å². The van der Waals surface area contributed by atoms with Crippen molar-refractivity contribution < 1.29 is 0 Å². The van der Waals surface area contributed by atoms with Gasteiger partial charge in [-0.1, -0.05) is 27.2 Å². The summed E-state index contributed by atoms with van der Waals surface area (Å²) in [5.41, 5.74) is 0.454. The SMILES string of the molecule is C#C[C@@H]1CCC[C@H](C(C)(C)C)C1. The van der Waals surface area contributed by atoms with Crippen molar-refractivity contribution >= 4 is 0 Å². The van der Waals surface area contributed by atoms with Crippen molar-refractivity contribution in [3.8, 4) is 12.3 Å². The molecule has 12 heavy (non-hydrogen) atoms. The highest BCUT2D eigenvalue weighted by atomic mass is 14.3. The minimum atomic E-state index is 0.454. The lowest BCUT2D eigenvalue weighted by molar-refractivity contribution is 0.160. The van der Waals surface area contributed by atoms with Crippen LogP contribution in [0.25, 0.3) is 0 Å². The van der Waals surface area contributed by atoms with Crippen molar-refractivity contribution in [2.75, 3.05) is 0 Å². The van der Waals surface area contributed by atoms with Gasteiger partial charge < -0.3 is 0 Å². The summed E-state index contributed by atoms with van der Waals surface area (Å²) in [6.45, 7) is 6.99. The first kappa shape index (κ1) is 9.65. The van der Waals surface area contributed by atoms with Gasteiger partial charge in [0.1, 0.15) is 0 Å². The Morgan fingerprint density at radius 3 is 2.42 bits per heavy atom. The van der Waals surface area contributed by atoms with E-state index in [0.29, 0.717) is 11.3 Å². The second-order valence-electron chi connectivity index (χ2n) is 5.09. The van der Waals surface area contributed by atoms with E-state index in [2.05, 4.69) is 26.7 Å². The second kappa shape index (κ2) is 3.52. The van der Waals surface area contributed by atoms with Crippen molar-refractivity contribution in [3.63, 3.8) is 0 Å². The molecular weight excluding hydrogens is 144 g/mol. The molecule has 1 aliphatic rings. The van der Waals surface area contributed by atoms with Crippen molar-refractivity contribution in [3.05, 3.63) is 0 Å². The molecule has 68 valence electrons. The Morgan fingerprint density at radius 2 is 1.92 bits per heavy atom. The van der Waals surface area contributed by atoms with E-state index in [1.165, 1.54) is 25.7 Å². The zero-order valence-electron chi connectivity index (χ0n) is 8.56. The second-order valence-corrected chi connectivity index (χ2v) is 5.09. The predicted octanol–water partition coefficient (Wildman–Crippen LogP) is 3.47. The van der Waals surface area contributed by atoms with Crippen molar-refractivity contribution in [1.82, 2.24) is 0 Å². The summed E-state index contributed by atoms with van der Waals surface area (Å²) < 4.78 is 0. The van der Waals surface area contributed by atoms with Gasteiger partial charge in [0.25, 0.3) is 0 Å². The lowest BCUT2D eigenvalue weighted by Gasteiger charge is -2.36. The number of hydrogen-bond acceptors (Lipinski definition) is 0. The lowest BCUT2D eigenvalue weighted by atomic mass is 9.69. The molecule has 0 aromatic rings. The Balaban J connectivity index is 2.53. The molecule has 0 nitrogen and oxygen atoms in total. The van der Waals surface area contributed by atoms with Gasteiger partial charge in [-0.3, -0.25) is 0 Å². The van der Waals surface area contributed by atoms with E-state index in [4.69, 9.17) is 6.42 Å². The maximum atomic E-state index is 5.46. The Kier molecular flexibility index (Phi) is 2.83. The Bertz CT molecular complexity index is 177. The maximum Gasteiger partial charge on any atom is 0.0203 e. The molecule has 1 saturated carbocycles. The number of terminal acetylenes is 1. The monoisotopic (exact) mass is 164 g/mol. The summed E-state index contributed by atoms with van der Waals surface area (Å²) in [4.78, 5) is 0. The summed E-state index contributed by atoms with van der Waals surface area (Å²) in [5, 5.41) is 0. The maximum absolute atomic E-state index is 5.46. The molecule has 0 radical (unpaired) electrons. The van der Waals surface area contributed by atoms with Crippen LogP contribution in [0.5, 0.6) is 0 Å². The van der Waals surface area contributed by atoms with Crippen molar-refractivity contribution in [1.29, 1.82) is 0 Å². The molecule has 1 aliphatic carbocycles. The minimum absolute atomic E-state index is 0.454. The zero-order valence-corrected chi connectivity index (χ0v) is 8.56. The van der Waals surface area contributed by atoms with Gasteiger partial charge in [0.2, 0.25) is 0 Å². The van der Waals surface area contributed by atoms with Crippen molar-refractivity contribution in [2.45, 2.75) is 46.5 Å². The molecular formula is C12H20. The minimum Gasteiger partial charge on any atom is -0.120 e. The van der Waals surface area contributed by atoms with Crippen LogP contribution < -0.4 is 0 Å². The highest BCUT2D eigenvalue weighted by molar-refractivity contribution is 4.97. The van der Waals surface area contributed by atoms with Gasteiger partial charge in [0.15, 0.2) is 0 Å². The standard InChI is InChI=1S/C12H20/c1-5-10-7-6-8-11(9-10)12(2,3)4/h1,10-11H,6-9H2,2-4H3/t10-,11+/m1/s1. The van der Waals surface area contributed by atoms with Crippen LogP contribution in [0.2, 0.25) is 0 Å². The van der Waals surface area contributed by atoms with Gasteiger partial charge in [-0.15, -0.1) is 12.3 Å². The average molecular weight is 164 g/mol. The first-order valence-electron chi connectivity index (χ1n) is 5.00. The highest BCUT2D eigenvalue weighted by Crippen LogP contribution is 2.39. The van der Waals surface area contributed by atoms with E-state index in [1.807, 2.05) is 0 Å². The van der Waals surface area contributed by atoms with E-state index >= 15 is 0 Å². The smallest absolute Gasteiger partial charge is 0.0203 e. The Morgan fingerprint density at radius 1 is 1.25 bits per heavy atom. The quantitative estimate of drug-likeness (QED) is 0.481. The molecule has 0 saturated heterocycles. The molecule has 2 atom stereocenters. The Labute approximate surface area is 76.7 Å². The normalized spacial score (nSPS) is 31.2. The topological polar surface area (TPSA) is 0 Å². The molecule has 0 heterocycles. The van der Waals surface area contributed by atoms with E-state index < -0.39 is 0 Å². The van der Waals surface area contributed by atoms with Crippen LogP contribution >= 0.6 is 0 Å². The van der Waals surface area contributed by atoms with Gasteiger partial charge in [0.05, 0.1) is 0 Å². The van der Waals surface area contributed by atoms with E-state index in [1.54, 1.807) is 0 Å². The van der Waals surface area contributed by atoms with Gasteiger partial charge in [0, 0.05) is 5.92 Å². The number of rotatable bonds is 0. The molecule has 0 amide bonds. The van der Waals surface area contributed by atoms with Crippen LogP contribution in [0.4, 0.5) is 0 Å². The largest absolute Gasteiger partial charge is 0.120 e. The van der Waals surface area contributed by atoms with Crippen LogP contribution in [0.3, 0.4) is 0 Å². The summed E-state index contributed by atoms with van der Waals surface area (Å²) in [7, 11) is 0. The molecule has 0 unspecified atom stereocenters. The van der Waals surface area contributed by atoms with Gasteiger partial charge in [-0.2, -0.15) is 0 Å². The van der Waals surface area contributed by atoms with Crippen LogP contribution in [0.15, 0.2) is 0 Å². The fourth-order valence-electron chi connectivity index (χ4n) is 2.13. The molecule has 0 N–H and O–H groups in total. The third kappa shape index (κ3) is 2.27. The predicted molar refractivity (Wildman–Crippen MR) is 53.7 cm³/mol. The van der Waals surface area contributed by atoms with Crippen molar-refractivity contribution in [2.24, 2.45) is 17.3 Å². The molecule has 1 fully saturated rings. The first-order chi connectivity index (χ1) is 5.54. The molecule has 0 heteroatoms. The molecule has 0 aromatic heterocycles. The van der Waals surface area contributed by atoms with Crippen LogP contribution in [-0.2, 0) is 0 Å². The molecule has 0 spiro atoms. The van der Waals surface area contributed by atoms with Crippen LogP contribution in [-0.4, -0.2) is 0 Å². The third-order valence-corrected chi connectivity index (χ3v) is 3.13. The molecule has 1 rings (SSSR count). The van der Waals surface area contributed by atoms with Crippen LogP contribution in [0, 0.1) is 29.6 Å². The van der Waals surface area contributed by atoms with Crippen LogP contribution in [0.1, 0.15) is 46.5 Å². The molecule has 0 aliphatic heterocycles. The summed E-state index contributed by atoms with van der Waals surface area (Å²) in [6, 6.07) is 0. The zero-order chi connectivity index (χ0) is 9.19. The summed E-state index contributed by atoms with van der Waals surface area (Å²) >= 11 is 0. The highest BCUT2D eigenvalue weighted by Gasteiger charge is 2.29. The molecule has 0 bridgehead atoms. The molecule has 0 aromatic carbocycles. The van der Waals surface area contributed by atoms with E-state index in [-0.39, 0.29) is 0 Å². The summed E-state index contributed by atoms with van der Waals surface area (Å²) in [6.07, 6.45) is 10.7. The summed E-state index contributed by atoms with van der Waals surface area (Å²) in [5.74, 6) is 4.30. The lowest BCUT2D eigenvalue weighted by Crippen LogP contribution is -2.26. The average Bonchev–Trinajstić information content (AvgIpc) is 2.03. The van der Waals surface area contributed by atoms with Gasteiger partial charge in [-0.25, -0.2) is 0 Å². The third-order valence-electron chi connectivity index (χ3n) is 3.13. The first-order valence-corrected chi connectivity index (χ1v) is 5.00. The van der Waals surface area contributed by atoms with Gasteiger partial charge >= 0.3 is 0 Å². The Hall–Kier alpha value is -0.440.